The number of carbonyl (C=O) groups is 2. The lowest BCUT2D eigenvalue weighted by atomic mass is 10.1. The maximum atomic E-state index is 13.6. The van der Waals surface area contributed by atoms with Crippen molar-refractivity contribution in [1.82, 2.24) is 15.5 Å². The summed E-state index contributed by atoms with van der Waals surface area (Å²) >= 11 is 0. The first-order chi connectivity index (χ1) is 11.0. The number of rotatable bonds is 3. The maximum Gasteiger partial charge on any atom is 0.276 e. The summed E-state index contributed by atoms with van der Waals surface area (Å²) in [6, 6.07) is 3.98. The van der Waals surface area contributed by atoms with E-state index in [1.807, 2.05) is 0 Å². The fourth-order valence-corrected chi connectivity index (χ4v) is 2.49. The fraction of sp³-hybridized carbons (Fsp3) is 0.267. The summed E-state index contributed by atoms with van der Waals surface area (Å²) in [6.45, 7) is 2.71. The van der Waals surface area contributed by atoms with Crippen molar-refractivity contribution >= 4 is 23.2 Å². The van der Waals surface area contributed by atoms with Crippen LogP contribution >= 0.6 is 0 Å². The highest BCUT2D eigenvalue weighted by molar-refractivity contribution is 6.04. The smallest absolute Gasteiger partial charge is 0.276 e. The SMILES string of the molecule is CC(=O)Nc1cc(NC(=O)c2n[nH]c3c2CNCC3)ccc1F. The number of nitrogens with zero attached hydrogens (tertiary/aromatic N) is 1. The van der Waals surface area contributed by atoms with Crippen molar-refractivity contribution in [2.75, 3.05) is 17.2 Å². The predicted molar refractivity (Wildman–Crippen MR) is 82.7 cm³/mol. The van der Waals surface area contributed by atoms with Gasteiger partial charge in [-0.25, -0.2) is 4.39 Å². The second-order valence-corrected chi connectivity index (χ2v) is 5.29. The standard InChI is InChI=1S/C15H16FN5O2/c1-8(22)18-13-6-9(2-3-11(13)16)19-15(23)14-10-7-17-5-4-12(10)20-21-14/h2-3,6,17H,4-5,7H2,1H3,(H,18,22)(H,19,23)(H,20,21). The molecule has 0 fully saturated rings. The Morgan fingerprint density at radius 3 is 2.91 bits per heavy atom. The van der Waals surface area contributed by atoms with Crippen LogP contribution in [0.4, 0.5) is 15.8 Å². The van der Waals surface area contributed by atoms with E-state index in [9.17, 15) is 14.0 Å². The molecule has 2 amide bonds. The Balaban J connectivity index is 1.80. The van der Waals surface area contributed by atoms with Crippen molar-refractivity contribution < 1.29 is 14.0 Å². The Hall–Kier alpha value is -2.74. The highest BCUT2D eigenvalue weighted by Gasteiger charge is 2.21. The van der Waals surface area contributed by atoms with Gasteiger partial charge in [-0.1, -0.05) is 0 Å². The quantitative estimate of drug-likeness (QED) is 0.688. The van der Waals surface area contributed by atoms with E-state index in [0.717, 1.165) is 24.2 Å². The molecule has 8 heteroatoms. The summed E-state index contributed by atoms with van der Waals surface area (Å²) in [6.07, 6.45) is 0.791. The first-order valence-electron chi connectivity index (χ1n) is 7.20. The minimum Gasteiger partial charge on any atom is -0.324 e. The number of hydrogen-bond donors (Lipinski definition) is 4. The molecule has 3 rings (SSSR count). The van der Waals surface area contributed by atoms with Crippen molar-refractivity contribution in [3.05, 3.63) is 41.0 Å². The van der Waals surface area contributed by atoms with Crippen molar-refractivity contribution in [2.45, 2.75) is 19.9 Å². The number of carbonyl (C=O) groups excluding carboxylic acids is 2. The van der Waals surface area contributed by atoms with E-state index in [4.69, 9.17) is 0 Å². The zero-order chi connectivity index (χ0) is 16.4. The molecular formula is C15H16FN5O2. The molecule has 0 spiro atoms. The maximum absolute atomic E-state index is 13.6. The van der Waals surface area contributed by atoms with Crippen LogP contribution in [0.5, 0.6) is 0 Å². The Labute approximate surface area is 131 Å². The summed E-state index contributed by atoms with van der Waals surface area (Å²) in [5.74, 6) is -1.34. The average Bonchev–Trinajstić information content (AvgIpc) is 2.94. The Kier molecular flexibility index (Phi) is 4.07. The van der Waals surface area contributed by atoms with Gasteiger partial charge >= 0.3 is 0 Å². The molecule has 120 valence electrons. The van der Waals surface area contributed by atoms with E-state index in [1.165, 1.54) is 25.1 Å². The van der Waals surface area contributed by atoms with E-state index in [1.54, 1.807) is 0 Å². The molecule has 7 nitrogen and oxygen atoms in total. The summed E-state index contributed by atoms with van der Waals surface area (Å²) < 4.78 is 13.6. The van der Waals surface area contributed by atoms with Gasteiger partial charge in [-0.05, 0) is 18.2 Å². The van der Waals surface area contributed by atoms with Crippen LogP contribution in [0, 0.1) is 5.82 Å². The summed E-state index contributed by atoms with van der Waals surface area (Å²) in [5, 5.41) is 15.2. The van der Waals surface area contributed by atoms with Crippen molar-refractivity contribution in [3.63, 3.8) is 0 Å². The van der Waals surface area contributed by atoms with Crippen LogP contribution < -0.4 is 16.0 Å². The number of aromatic amines is 1. The van der Waals surface area contributed by atoms with E-state index in [-0.39, 0.29) is 17.5 Å². The zero-order valence-corrected chi connectivity index (χ0v) is 12.5. The molecule has 1 aromatic carbocycles. The number of amides is 2. The number of H-pyrrole nitrogens is 1. The van der Waals surface area contributed by atoms with Gasteiger partial charge in [0.25, 0.3) is 5.91 Å². The molecule has 2 aromatic rings. The predicted octanol–water partition coefficient (Wildman–Crippen LogP) is 1.41. The molecule has 0 radical (unpaired) electrons. The number of anilines is 2. The van der Waals surface area contributed by atoms with Crippen molar-refractivity contribution in [2.24, 2.45) is 0 Å². The van der Waals surface area contributed by atoms with E-state index >= 15 is 0 Å². The van der Waals surface area contributed by atoms with E-state index in [0.29, 0.717) is 17.9 Å². The van der Waals surface area contributed by atoms with Gasteiger partial charge in [0.1, 0.15) is 5.82 Å². The first kappa shape index (κ1) is 15.2. The van der Waals surface area contributed by atoms with Crippen LogP contribution in [0.2, 0.25) is 0 Å². The molecule has 1 aromatic heterocycles. The Morgan fingerprint density at radius 1 is 1.30 bits per heavy atom. The second-order valence-electron chi connectivity index (χ2n) is 5.29. The minimum atomic E-state index is -0.570. The first-order valence-corrected chi connectivity index (χ1v) is 7.20. The molecule has 0 saturated heterocycles. The van der Waals surface area contributed by atoms with Gasteiger partial charge in [0.2, 0.25) is 5.91 Å². The molecule has 0 atom stereocenters. The van der Waals surface area contributed by atoms with Crippen molar-refractivity contribution in [1.29, 1.82) is 0 Å². The molecule has 0 unspecified atom stereocenters. The van der Waals surface area contributed by atoms with Gasteiger partial charge in [0.15, 0.2) is 5.69 Å². The number of nitrogens with one attached hydrogen (secondary N) is 4. The normalized spacial score (nSPS) is 13.3. The van der Waals surface area contributed by atoms with E-state index in [2.05, 4.69) is 26.1 Å². The van der Waals surface area contributed by atoms with Gasteiger partial charge in [0.05, 0.1) is 5.69 Å². The molecule has 2 heterocycles. The number of aromatic nitrogens is 2. The average molecular weight is 317 g/mol. The number of halogens is 1. The van der Waals surface area contributed by atoms with Crippen LogP contribution in [-0.4, -0.2) is 28.6 Å². The largest absolute Gasteiger partial charge is 0.324 e. The summed E-state index contributed by atoms with van der Waals surface area (Å²) in [4.78, 5) is 23.4. The second kappa shape index (κ2) is 6.17. The molecular weight excluding hydrogens is 301 g/mol. The van der Waals surface area contributed by atoms with Gasteiger partial charge in [-0.2, -0.15) is 5.10 Å². The lowest BCUT2D eigenvalue weighted by Crippen LogP contribution is -2.25. The van der Waals surface area contributed by atoms with Crippen LogP contribution in [0.25, 0.3) is 0 Å². The highest BCUT2D eigenvalue weighted by Crippen LogP contribution is 2.21. The van der Waals surface area contributed by atoms with Gasteiger partial charge in [0, 0.05) is 43.4 Å². The van der Waals surface area contributed by atoms with Crippen LogP contribution in [-0.2, 0) is 17.8 Å². The van der Waals surface area contributed by atoms with E-state index < -0.39 is 5.82 Å². The molecule has 0 saturated carbocycles. The van der Waals surface area contributed by atoms with Gasteiger partial charge in [-0.3, -0.25) is 14.7 Å². The van der Waals surface area contributed by atoms with Crippen LogP contribution in [0.1, 0.15) is 28.7 Å². The number of hydrogen-bond acceptors (Lipinski definition) is 4. The molecule has 23 heavy (non-hydrogen) atoms. The number of benzene rings is 1. The summed E-state index contributed by atoms with van der Waals surface area (Å²) in [5.41, 5.74) is 2.50. The third-order valence-corrected chi connectivity index (χ3v) is 3.56. The van der Waals surface area contributed by atoms with Crippen LogP contribution in [0.3, 0.4) is 0 Å². The lowest BCUT2D eigenvalue weighted by molar-refractivity contribution is -0.114. The topological polar surface area (TPSA) is 98.9 Å². The van der Waals surface area contributed by atoms with Gasteiger partial charge in [-0.15, -0.1) is 0 Å². The van der Waals surface area contributed by atoms with Crippen molar-refractivity contribution in [3.8, 4) is 0 Å². The monoisotopic (exact) mass is 317 g/mol. The molecule has 1 aliphatic rings. The molecule has 0 aliphatic carbocycles. The molecule has 1 aliphatic heterocycles. The fourth-order valence-electron chi connectivity index (χ4n) is 2.49. The minimum absolute atomic E-state index is 0.0148. The van der Waals surface area contributed by atoms with Gasteiger partial charge < -0.3 is 16.0 Å². The Bertz CT molecular complexity index is 771. The third kappa shape index (κ3) is 3.21. The lowest BCUT2D eigenvalue weighted by Gasteiger charge is -2.13. The zero-order valence-electron chi connectivity index (χ0n) is 12.5. The molecule has 4 N–H and O–H groups in total. The van der Waals surface area contributed by atoms with Crippen LogP contribution in [0.15, 0.2) is 18.2 Å². The molecule has 0 bridgehead atoms. The highest BCUT2D eigenvalue weighted by atomic mass is 19.1. The Morgan fingerprint density at radius 2 is 2.13 bits per heavy atom. The summed E-state index contributed by atoms with van der Waals surface area (Å²) in [7, 11) is 0. The number of fused-ring (bicyclic) bond motifs is 1. The third-order valence-electron chi connectivity index (χ3n) is 3.56.